The van der Waals surface area contributed by atoms with Gasteiger partial charge in [0.15, 0.2) is 6.10 Å². The number of hydrogen-bond donors (Lipinski definition) is 2. The molecule has 0 unspecified atom stereocenters. The molecule has 2 N–H and O–H groups in total. The molecule has 0 radical (unpaired) electrons. The number of sulfonamides is 1. The van der Waals surface area contributed by atoms with Crippen molar-refractivity contribution >= 4 is 28.0 Å². The van der Waals surface area contributed by atoms with Gasteiger partial charge in [-0.3, -0.25) is 9.59 Å². The lowest BCUT2D eigenvalue weighted by atomic mass is 10.2. The molecule has 7 nitrogen and oxygen atoms in total. The van der Waals surface area contributed by atoms with Crippen LogP contribution in [0.1, 0.15) is 19.4 Å². The van der Waals surface area contributed by atoms with Crippen LogP contribution >= 0.6 is 0 Å². The van der Waals surface area contributed by atoms with Gasteiger partial charge in [-0.15, -0.1) is 0 Å². The van der Waals surface area contributed by atoms with Crippen molar-refractivity contribution in [3.8, 4) is 0 Å². The normalized spacial score (nSPS) is 12.8. The van der Waals surface area contributed by atoms with E-state index in [0.29, 0.717) is 12.1 Å². The third kappa shape index (κ3) is 7.57. The van der Waals surface area contributed by atoms with E-state index in [9.17, 15) is 18.0 Å². The zero-order chi connectivity index (χ0) is 17.3. The molecule has 1 rings (SSSR count). The van der Waals surface area contributed by atoms with Crippen LogP contribution in [-0.4, -0.2) is 39.5 Å². The van der Waals surface area contributed by atoms with E-state index in [1.54, 1.807) is 31.2 Å². The molecule has 0 heterocycles. The lowest BCUT2D eigenvalue weighted by Crippen LogP contribution is -2.38. The first-order valence-electron chi connectivity index (χ1n) is 7.04. The highest BCUT2D eigenvalue weighted by molar-refractivity contribution is 7.92. The lowest BCUT2D eigenvalue weighted by Gasteiger charge is -2.12. The number of likely N-dealkylation sites (N-methyl/N-ethyl adjacent to an activating group) is 1. The maximum atomic E-state index is 11.7. The first-order chi connectivity index (χ1) is 10.8. The molecule has 1 atom stereocenters. The minimum atomic E-state index is -3.77. The molecule has 0 spiro atoms. The van der Waals surface area contributed by atoms with E-state index in [1.807, 2.05) is 6.07 Å². The molecule has 0 aliphatic heterocycles. The van der Waals surface area contributed by atoms with Crippen molar-refractivity contribution < 1.29 is 22.7 Å². The van der Waals surface area contributed by atoms with E-state index >= 15 is 0 Å². The molecule has 0 aliphatic carbocycles. The molecular formula is C15H20N2O5S. The van der Waals surface area contributed by atoms with E-state index in [1.165, 1.54) is 13.0 Å². The van der Waals surface area contributed by atoms with Gasteiger partial charge in [-0.2, -0.15) is 0 Å². The predicted molar refractivity (Wildman–Crippen MR) is 86.6 cm³/mol. The van der Waals surface area contributed by atoms with Crippen LogP contribution in [0.25, 0.3) is 6.08 Å². The number of amides is 1. The Balaban J connectivity index is 2.48. The Bertz CT molecular complexity index is 656. The average Bonchev–Trinajstić information content (AvgIpc) is 2.52. The van der Waals surface area contributed by atoms with E-state index in [2.05, 4.69) is 10.0 Å². The van der Waals surface area contributed by atoms with Crippen molar-refractivity contribution in [2.75, 3.05) is 13.1 Å². The zero-order valence-corrected chi connectivity index (χ0v) is 13.8. The molecule has 0 fully saturated rings. The highest BCUT2D eigenvalue weighted by Crippen LogP contribution is 2.02. The largest absolute Gasteiger partial charge is 0.452 e. The lowest BCUT2D eigenvalue weighted by molar-refractivity contribution is -0.153. The summed E-state index contributed by atoms with van der Waals surface area (Å²) in [7, 11) is -3.77. The van der Waals surface area contributed by atoms with Crippen molar-refractivity contribution in [1.82, 2.24) is 10.0 Å². The Hall–Kier alpha value is -2.19. The number of benzene rings is 1. The van der Waals surface area contributed by atoms with Crippen molar-refractivity contribution in [3.05, 3.63) is 41.3 Å². The summed E-state index contributed by atoms with van der Waals surface area (Å²) in [4.78, 5) is 22.9. The summed E-state index contributed by atoms with van der Waals surface area (Å²) in [5, 5.41) is 3.46. The number of carbonyl (C=O) groups excluding carboxylic acids is 2. The zero-order valence-electron chi connectivity index (χ0n) is 13.0. The highest BCUT2D eigenvalue weighted by Gasteiger charge is 2.18. The molecule has 0 aliphatic rings. The van der Waals surface area contributed by atoms with Crippen LogP contribution in [0.2, 0.25) is 0 Å². The second-order valence-electron chi connectivity index (χ2n) is 4.61. The molecule has 0 aromatic heterocycles. The molecule has 126 valence electrons. The average molecular weight is 340 g/mol. The van der Waals surface area contributed by atoms with Crippen LogP contribution in [-0.2, 0) is 24.3 Å². The molecular weight excluding hydrogens is 320 g/mol. The standard InChI is InChI=1S/C15H20N2O5S/c1-3-16-15(19)12(2)22-14(18)11-17-23(20,21)10-9-13-7-5-4-6-8-13/h4-10,12,17H,3,11H2,1-2H3,(H,16,19)/b10-9+/t12-/m0/s1. The van der Waals surface area contributed by atoms with Gasteiger partial charge in [-0.25, -0.2) is 13.1 Å². The van der Waals surface area contributed by atoms with Crippen molar-refractivity contribution in [3.63, 3.8) is 0 Å². The summed E-state index contributed by atoms with van der Waals surface area (Å²) in [6.45, 7) is 3.01. The Morgan fingerprint density at radius 2 is 1.91 bits per heavy atom. The maximum absolute atomic E-state index is 11.7. The monoisotopic (exact) mass is 340 g/mol. The summed E-state index contributed by atoms with van der Waals surface area (Å²) in [6.07, 6.45) is 0.428. The van der Waals surface area contributed by atoms with Gasteiger partial charge >= 0.3 is 5.97 Å². The van der Waals surface area contributed by atoms with Crippen LogP contribution < -0.4 is 10.0 Å². The smallest absolute Gasteiger partial charge is 0.321 e. The first kappa shape index (κ1) is 18.9. The number of esters is 1. The van der Waals surface area contributed by atoms with E-state index in [4.69, 9.17) is 4.74 Å². The van der Waals surface area contributed by atoms with Gasteiger partial charge in [0.05, 0.1) is 0 Å². The van der Waals surface area contributed by atoms with Gasteiger partial charge in [-0.05, 0) is 25.5 Å². The van der Waals surface area contributed by atoms with Gasteiger partial charge in [0, 0.05) is 12.0 Å². The van der Waals surface area contributed by atoms with Crippen molar-refractivity contribution in [2.45, 2.75) is 20.0 Å². The van der Waals surface area contributed by atoms with Gasteiger partial charge in [0.2, 0.25) is 10.0 Å². The Morgan fingerprint density at radius 1 is 1.26 bits per heavy atom. The molecule has 0 saturated heterocycles. The molecule has 1 aromatic carbocycles. The maximum Gasteiger partial charge on any atom is 0.321 e. The van der Waals surface area contributed by atoms with Crippen LogP contribution in [0.3, 0.4) is 0 Å². The Labute approximate surface area is 135 Å². The van der Waals surface area contributed by atoms with E-state index < -0.39 is 34.5 Å². The fourth-order valence-corrected chi connectivity index (χ4v) is 2.30. The van der Waals surface area contributed by atoms with Gasteiger partial charge in [0.1, 0.15) is 6.54 Å². The fourth-order valence-electron chi connectivity index (χ4n) is 1.55. The quantitative estimate of drug-likeness (QED) is 0.677. The Morgan fingerprint density at radius 3 is 2.52 bits per heavy atom. The summed E-state index contributed by atoms with van der Waals surface area (Å²) >= 11 is 0. The number of ether oxygens (including phenoxy) is 1. The summed E-state index contributed by atoms with van der Waals surface area (Å²) < 4.78 is 30.4. The predicted octanol–water partition coefficient (Wildman–Crippen LogP) is 0.645. The molecule has 1 amide bonds. The van der Waals surface area contributed by atoms with Crippen LogP contribution in [0.15, 0.2) is 35.7 Å². The third-order valence-corrected chi connectivity index (χ3v) is 3.73. The molecule has 0 saturated carbocycles. The molecule has 1 aromatic rings. The van der Waals surface area contributed by atoms with E-state index in [0.717, 1.165) is 5.41 Å². The number of hydrogen-bond acceptors (Lipinski definition) is 5. The second kappa shape index (κ2) is 9.06. The minimum Gasteiger partial charge on any atom is -0.452 e. The summed E-state index contributed by atoms with van der Waals surface area (Å²) in [5.41, 5.74) is 0.713. The molecule has 0 bridgehead atoms. The van der Waals surface area contributed by atoms with Crippen LogP contribution in [0, 0.1) is 0 Å². The number of carbonyl (C=O) groups is 2. The highest BCUT2D eigenvalue weighted by atomic mass is 32.2. The summed E-state index contributed by atoms with van der Waals surface area (Å²) in [6, 6.07) is 8.86. The first-order valence-corrected chi connectivity index (χ1v) is 8.58. The van der Waals surface area contributed by atoms with E-state index in [-0.39, 0.29) is 0 Å². The Kier molecular flexibility index (Phi) is 7.43. The van der Waals surface area contributed by atoms with Crippen LogP contribution in [0.4, 0.5) is 0 Å². The van der Waals surface area contributed by atoms with Gasteiger partial charge in [-0.1, -0.05) is 30.3 Å². The van der Waals surface area contributed by atoms with Crippen LogP contribution in [0.5, 0.6) is 0 Å². The van der Waals surface area contributed by atoms with Gasteiger partial charge in [0.25, 0.3) is 5.91 Å². The molecule has 8 heteroatoms. The number of nitrogens with one attached hydrogen (secondary N) is 2. The second-order valence-corrected chi connectivity index (χ2v) is 6.26. The van der Waals surface area contributed by atoms with Crippen molar-refractivity contribution in [2.24, 2.45) is 0 Å². The third-order valence-electron chi connectivity index (χ3n) is 2.69. The fraction of sp³-hybridized carbons (Fsp3) is 0.333. The SMILES string of the molecule is CCNC(=O)[C@H](C)OC(=O)CNS(=O)(=O)/C=C/c1ccccc1. The number of rotatable bonds is 8. The van der Waals surface area contributed by atoms with Crippen molar-refractivity contribution in [1.29, 1.82) is 0 Å². The van der Waals surface area contributed by atoms with Gasteiger partial charge < -0.3 is 10.1 Å². The molecule has 23 heavy (non-hydrogen) atoms. The summed E-state index contributed by atoms with van der Waals surface area (Å²) in [5.74, 6) is -1.27. The minimum absolute atomic E-state index is 0.414. The topological polar surface area (TPSA) is 102 Å².